The zero-order chi connectivity index (χ0) is 11.7. The number of rotatable bonds is 2. The Morgan fingerprint density at radius 3 is 2.88 bits per heavy atom. The van der Waals surface area contributed by atoms with Crippen LogP contribution in [0.5, 0.6) is 0 Å². The van der Waals surface area contributed by atoms with Crippen LogP contribution in [0.15, 0.2) is 18.2 Å². The van der Waals surface area contributed by atoms with Gasteiger partial charge in [-0.15, -0.1) is 0 Å². The van der Waals surface area contributed by atoms with Crippen molar-refractivity contribution < 1.29 is 9.90 Å². The number of imidazole rings is 1. The molecule has 1 aromatic carbocycles. The highest BCUT2D eigenvalue weighted by Gasteiger charge is 2.06. The van der Waals surface area contributed by atoms with Crippen molar-refractivity contribution in [3.05, 3.63) is 23.8 Å². The number of nitrogen functional groups attached to an aromatic ring is 2. The third-order valence-corrected chi connectivity index (χ3v) is 2.15. The molecule has 6 nitrogen and oxygen atoms in total. The first kappa shape index (κ1) is 10.0. The van der Waals surface area contributed by atoms with E-state index in [1.165, 1.54) is 6.08 Å². The van der Waals surface area contributed by atoms with Gasteiger partial charge in [0.05, 0.1) is 11.2 Å². The van der Waals surface area contributed by atoms with E-state index < -0.39 is 5.97 Å². The summed E-state index contributed by atoms with van der Waals surface area (Å²) in [6, 6.07) is 3.45. The molecule has 2 aromatic rings. The Labute approximate surface area is 90.6 Å². The van der Waals surface area contributed by atoms with E-state index in [4.69, 9.17) is 16.6 Å². The molecule has 6 N–H and O–H groups in total. The average Bonchev–Trinajstić information content (AvgIpc) is 2.58. The van der Waals surface area contributed by atoms with Crippen molar-refractivity contribution in [1.82, 2.24) is 9.97 Å². The van der Waals surface area contributed by atoms with Gasteiger partial charge in [0.25, 0.3) is 0 Å². The Morgan fingerprint density at radius 1 is 1.44 bits per heavy atom. The number of hydrogen-bond acceptors (Lipinski definition) is 4. The summed E-state index contributed by atoms with van der Waals surface area (Å²) in [7, 11) is 0. The largest absolute Gasteiger partial charge is 0.478 e. The summed E-state index contributed by atoms with van der Waals surface area (Å²) in [6.45, 7) is 0. The molecule has 0 fully saturated rings. The molecule has 1 aromatic heterocycles. The van der Waals surface area contributed by atoms with E-state index in [2.05, 4.69) is 9.97 Å². The summed E-state index contributed by atoms with van der Waals surface area (Å²) in [5, 5.41) is 8.51. The van der Waals surface area contributed by atoms with Gasteiger partial charge in [-0.25, -0.2) is 9.78 Å². The van der Waals surface area contributed by atoms with Crippen LogP contribution >= 0.6 is 0 Å². The van der Waals surface area contributed by atoms with Gasteiger partial charge in [0.1, 0.15) is 5.52 Å². The normalized spacial score (nSPS) is 11.2. The number of benzene rings is 1. The van der Waals surface area contributed by atoms with E-state index in [1.807, 2.05) is 0 Å². The van der Waals surface area contributed by atoms with Gasteiger partial charge < -0.3 is 21.6 Å². The lowest BCUT2D eigenvalue weighted by atomic mass is 10.1. The van der Waals surface area contributed by atoms with E-state index >= 15 is 0 Å². The molecule has 82 valence electrons. The number of nitrogens with one attached hydrogen (secondary N) is 1. The van der Waals surface area contributed by atoms with Gasteiger partial charge in [-0.05, 0) is 12.1 Å². The zero-order valence-electron chi connectivity index (χ0n) is 8.27. The quantitative estimate of drug-likeness (QED) is 0.439. The second-order valence-corrected chi connectivity index (χ2v) is 3.26. The Morgan fingerprint density at radius 2 is 2.19 bits per heavy atom. The van der Waals surface area contributed by atoms with Crippen LogP contribution < -0.4 is 11.5 Å². The summed E-state index contributed by atoms with van der Waals surface area (Å²) in [5.74, 6) is -0.748. The average molecular weight is 218 g/mol. The van der Waals surface area contributed by atoms with Gasteiger partial charge in [0.15, 0.2) is 5.95 Å². The van der Waals surface area contributed by atoms with Crippen molar-refractivity contribution in [2.75, 3.05) is 11.5 Å². The minimum absolute atomic E-state index is 0.279. The summed E-state index contributed by atoms with van der Waals surface area (Å²) >= 11 is 0. The molecule has 0 radical (unpaired) electrons. The first-order valence-corrected chi connectivity index (χ1v) is 4.52. The number of hydrogen-bond donors (Lipinski definition) is 4. The van der Waals surface area contributed by atoms with E-state index in [9.17, 15) is 4.79 Å². The molecule has 0 aliphatic rings. The summed E-state index contributed by atoms with van der Waals surface area (Å²) < 4.78 is 0. The van der Waals surface area contributed by atoms with Gasteiger partial charge in [0.2, 0.25) is 0 Å². The van der Waals surface area contributed by atoms with Gasteiger partial charge in [-0.3, -0.25) is 0 Å². The number of anilines is 2. The Kier molecular flexibility index (Phi) is 2.24. The van der Waals surface area contributed by atoms with Gasteiger partial charge in [0, 0.05) is 11.6 Å². The van der Waals surface area contributed by atoms with E-state index in [0.717, 1.165) is 11.6 Å². The van der Waals surface area contributed by atoms with Crippen molar-refractivity contribution in [2.24, 2.45) is 0 Å². The number of nitrogens with two attached hydrogens (primary N) is 2. The lowest BCUT2D eigenvalue weighted by Gasteiger charge is -1.99. The minimum atomic E-state index is -1.03. The van der Waals surface area contributed by atoms with Crippen LogP contribution in [0.25, 0.3) is 17.1 Å². The fourth-order valence-electron chi connectivity index (χ4n) is 1.44. The van der Waals surface area contributed by atoms with Crippen molar-refractivity contribution in [1.29, 1.82) is 0 Å². The lowest BCUT2D eigenvalue weighted by molar-refractivity contribution is -0.131. The van der Waals surface area contributed by atoms with Gasteiger partial charge in [-0.2, -0.15) is 0 Å². The molecule has 0 bridgehead atoms. The van der Waals surface area contributed by atoms with E-state index in [1.54, 1.807) is 12.1 Å². The number of carboxylic acids is 1. The van der Waals surface area contributed by atoms with E-state index in [0.29, 0.717) is 16.8 Å². The van der Waals surface area contributed by atoms with Crippen molar-refractivity contribution in [3.8, 4) is 0 Å². The van der Waals surface area contributed by atoms with Crippen LogP contribution in [0.4, 0.5) is 11.6 Å². The molecule has 0 saturated heterocycles. The highest BCUT2D eigenvalue weighted by atomic mass is 16.4. The molecule has 0 amide bonds. The van der Waals surface area contributed by atoms with Crippen LogP contribution in [0.1, 0.15) is 5.56 Å². The number of fused-ring (bicyclic) bond motifs is 1. The fraction of sp³-hybridized carbons (Fsp3) is 0. The Bertz CT molecular complexity index is 586. The zero-order valence-corrected chi connectivity index (χ0v) is 8.27. The topological polar surface area (TPSA) is 118 Å². The summed E-state index contributed by atoms with van der Waals surface area (Å²) in [5.41, 5.74) is 13.6. The first-order chi connectivity index (χ1) is 7.58. The molecule has 1 heterocycles. The molecule has 0 unspecified atom stereocenters. The third-order valence-electron chi connectivity index (χ3n) is 2.15. The van der Waals surface area contributed by atoms with Crippen LogP contribution in [-0.2, 0) is 4.79 Å². The predicted molar refractivity (Wildman–Crippen MR) is 61.6 cm³/mol. The fourth-order valence-corrected chi connectivity index (χ4v) is 1.44. The predicted octanol–water partition coefficient (Wildman–Crippen LogP) is 0.825. The monoisotopic (exact) mass is 218 g/mol. The lowest BCUT2D eigenvalue weighted by Crippen LogP contribution is -1.92. The standard InChI is InChI=1S/C10H10N4O2/c11-8-5(2-4-7(15)16)1-3-6-9(8)14-10(12)13-6/h1-4H,11H2,(H,15,16)(H3,12,13,14). The number of nitrogens with zero attached hydrogens (tertiary/aromatic N) is 1. The van der Waals surface area contributed by atoms with Gasteiger partial charge >= 0.3 is 5.97 Å². The molecule has 0 aliphatic carbocycles. The van der Waals surface area contributed by atoms with Crippen LogP contribution in [0.2, 0.25) is 0 Å². The second kappa shape index (κ2) is 3.58. The first-order valence-electron chi connectivity index (χ1n) is 4.52. The molecule has 0 atom stereocenters. The molecule has 16 heavy (non-hydrogen) atoms. The smallest absolute Gasteiger partial charge is 0.328 e. The van der Waals surface area contributed by atoms with Gasteiger partial charge in [-0.1, -0.05) is 6.07 Å². The van der Waals surface area contributed by atoms with Crippen LogP contribution in [-0.4, -0.2) is 21.0 Å². The minimum Gasteiger partial charge on any atom is -0.478 e. The Hall–Kier alpha value is -2.50. The highest BCUT2D eigenvalue weighted by molar-refractivity contribution is 5.95. The van der Waals surface area contributed by atoms with Crippen molar-refractivity contribution >= 4 is 34.7 Å². The van der Waals surface area contributed by atoms with Crippen molar-refractivity contribution in [3.63, 3.8) is 0 Å². The maximum atomic E-state index is 10.4. The molecule has 0 spiro atoms. The van der Waals surface area contributed by atoms with Crippen LogP contribution in [0.3, 0.4) is 0 Å². The van der Waals surface area contributed by atoms with E-state index in [-0.39, 0.29) is 5.95 Å². The Balaban J connectivity index is 2.55. The highest BCUT2D eigenvalue weighted by Crippen LogP contribution is 2.24. The number of carboxylic acid groups (broad SMARTS) is 1. The molecular formula is C10H10N4O2. The van der Waals surface area contributed by atoms with Crippen molar-refractivity contribution in [2.45, 2.75) is 0 Å². The molecule has 0 saturated carbocycles. The number of aromatic nitrogens is 2. The summed E-state index contributed by atoms with van der Waals surface area (Å²) in [4.78, 5) is 17.2. The maximum absolute atomic E-state index is 10.4. The number of aromatic amines is 1. The summed E-state index contributed by atoms with van der Waals surface area (Å²) in [6.07, 6.45) is 2.44. The number of carbonyl (C=O) groups is 1. The molecule has 0 aliphatic heterocycles. The molecular weight excluding hydrogens is 208 g/mol. The number of H-pyrrole nitrogens is 1. The maximum Gasteiger partial charge on any atom is 0.328 e. The number of aliphatic carboxylic acids is 1. The molecule has 2 rings (SSSR count). The van der Waals surface area contributed by atoms with Crippen LogP contribution in [0, 0.1) is 0 Å². The molecule has 6 heteroatoms. The SMILES string of the molecule is Nc1nc2c(N)c(C=CC(=O)O)ccc2[nH]1. The third kappa shape index (κ3) is 1.68. The second-order valence-electron chi connectivity index (χ2n) is 3.26.